The smallest absolute Gasteiger partial charge is 0.315 e. The molecular formula is C19H26N2O4. The maximum Gasteiger partial charge on any atom is 0.315 e. The first kappa shape index (κ1) is 18.9. The summed E-state index contributed by atoms with van der Waals surface area (Å²) in [5.74, 6) is 2.30. The molecule has 2 unspecified atom stereocenters. The van der Waals surface area contributed by atoms with E-state index >= 15 is 0 Å². The number of ether oxygens (including phenoxy) is 1. The SMILES string of the molecule is Cc1cccc(OCC(O)CNC(=O)NC(C)c2cc(C)oc2C)c1. The molecule has 0 spiro atoms. The van der Waals surface area contributed by atoms with Crippen molar-refractivity contribution in [1.29, 1.82) is 0 Å². The third kappa shape index (κ3) is 5.83. The number of furan rings is 1. The first-order valence-corrected chi connectivity index (χ1v) is 8.34. The van der Waals surface area contributed by atoms with Crippen molar-refractivity contribution in [3.63, 3.8) is 0 Å². The molecule has 6 nitrogen and oxygen atoms in total. The van der Waals surface area contributed by atoms with Gasteiger partial charge in [-0.2, -0.15) is 0 Å². The van der Waals surface area contributed by atoms with Gasteiger partial charge in [0.15, 0.2) is 0 Å². The van der Waals surface area contributed by atoms with Gasteiger partial charge in [0.25, 0.3) is 0 Å². The van der Waals surface area contributed by atoms with Crippen molar-refractivity contribution in [3.05, 3.63) is 53.0 Å². The largest absolute Gasteiger partial charge is 0.491 e. The molecule has 3 N–H and O–H groups in total. The number of aryl methyl sites for hydroxylation is 3. The Labute approximate surface area is 148 Å². The summed E-state index contributed by atoms with van der Waals surface area (Å²) < 4.78 is 11.0. The summed E-state index contributed by atoms with van der Waals surface area (Å²) in [6, 6.07) is 8.97. The molecule has 2 aromatic rings. The van der Waals surface area contributed by atoms with Gasteiger partial charge in [0.05, 0.1) is 6.04 Å². The van der Waals surface area contributed by atoms with Crippen molar-refractivity contribution in [1.82, 2.24) is 10.6 Å². The lowest BCUT2D eigenvalue weighted by atomic mass is 10.1. The van der Waals surface area contributed by atoms with E-state index in [1.165, 1.54) is 0 Å². The first-order valence-electron chi connectivity index (χ1n) is 8.34. The van der Waals surface area contributed by atoms with Crippen molar-refractivity contribution in [2.24, 2.45) is 0 Å². The zero-order valence-electron chi connectivity index (χ0n) is 15.1. The normalized spacial score (nSPS) is 13.2. The van der Waals surface area contributed by atoms with Gasteiger partial charge < -0.3 is 24.9 Å². The van der Waals surface area contributed by atoms with Gasteiger partial charge in [0, 0.05) is 12.1 Å². The average Bonchev–Trinajstić information content (AvgIpc) is 2.89. The zero-order valence-corrected chi connectivity index (χ0v) is 15.1. The van der Waals surface area contributed by atoms with E-state index < -0.39 is 6.10 Å². The minimum Gasteiger partial charge on any atom is -0.491 e. The zero-order chi connectivity index (χ0) is 18.4. The molecule has 6 heteroatoms. The molecule has 2 amide bonds. The fourth-order valence-electron chi connectivity index (χ4n) is 2.57. The molecule has 2 rings (SSSR count). The standard InChI is InChI=1S/C19H26N2O4/c1-12-6-5-7-17(8-12)24-11-16(22)10-20-19(23)21-14(3)18-9-13(2)25-15(18)4/h5-9,14,16,22H,10-11H2,1-4H3,(H2,20,21,23). The minimum atomic E-state index is -0.792. The molecule has 1 heterocycles. The third-order valence-electron chi connectivity index (χ3n) is 3.82. The fourth-order valence-corrected chi connectivity index (χ4v) is 2.57. The summed E-state index contributed by atoms with van der Waals surface area (Å²) in [6.07, 6.45) is -0.792. The van der Waals surface area contributed by atoms with E-state index in [1.54, 1.807) is 0 Å². The van der Waals surface area contributed by atoms with E-state index in [9.17, 15) is 9.90 Å². The molecule has 2 atom stereocenters. The highest BCUT2D eigenvalue weighted by atomic mass is 16.5. The summed E-state index contributed by atoms with van der Waals surface area (Å²) in [6.45, 7) is 7.81. The molecule has 0 radical (unpaired) electrons. The van der Waals surface area contributed by atoms with Crippen LogP contribution in [-0.4, -0.2) is 30.4 Å². The van der Waals surface area contributed by atoms with Crippen molar-refractivity contribution in [2.45, 2.75) is 39.8 Å². The Morgan fingerprint density at radius 3 is 2.68 bits per heavy atom. The van der Waals surface area contributed by atoms with Gasteiger partial charge in [-0.05, 0) is 51.5 Å². The minimum absolute atomic E-state index is 0.105. The van der Waals surface area contributed by atoms with Gasteiger partial charge in [0.1, 0.15) is 30.0 Å². The molecule has 0 aliphatic carbocycles. The van der Waals surface area contributed by atoms with Crippen LogP contribution < -0.4 is 15.4 Å². The van der Waals surface area contributed by atoms with Gasteiger partial charge in [-0.25, -0.2) is 4.79 Å². The Kier molecular flexibility index (Phi) is 6.47. The number of hydrogen-bond acceptors (Lipinski definition) is 4. The van der Waals surface area contributed by atoms with Crippen LogP contribution >= 0.6 is 0 Å². The maximum atomic E-state index is 12.0. The Morgan fingerprint density at radius 2 is 2.04 bits per heavy atom. The molecule has 136 valence electrons. The second-order valence-electron chi connectivity index (χ2n) is 6.23. The molecule has 25 heavy (non-hydrogen) atoms. The second kappa shape index (κ2) is 8.58. The number of nitrogens with one attached hydrogen (secondary N) is 2. The van der Waals surface area contributed by atoms with Crippen LogP contribution in [0.2, 0.25) is 0 Å². The van der Waals surface area contributed by atoms with Gasteiger partial charge in [-0.3, -0.25) is 0 Å². The number of carbonyl (C=O) groups excluding carboxylic acids is 1. The van der Waals surface area contributed by atoms with Crippen molar-refractivity contribution >= 4 is 6.03 Å². The third-order valence-corrected chi connectivity index (χ3v) is 3.82. The molecule has 1 aromatic heterocycles. The van der Waals surface area contributed by atoms with E-state index in [-0.39, 0.29) is 25.2 Å². The predicted molar refractivity (Wildman–Crippen MR) is 95.8 cm³/mol. The average molecular weight is 346 g/mol. The van der Waals surface area contributed by atoms with Gasteiger partial charge in [-0.15, -0.1) is 0 Å². The van der Waals surface area contributed by atoms with Crippen LogP contribution in [0.15, 0.2) is 34.7 Å². The second-order valence-corrected chi connectivity index (χ2v) is 6.23. The number of hydrogen-bond donors (Lipinski definition) is 3. The highest BCUT2D eigenvalue weighted by Crippen LogP contribution is 2.20. The number of benzene rings is 1. The van der Waals surface area contributed by atoms with Crippen LogP contribution in [0.25, 0.3) is 0 Å². The van der Waals surface area contributed by atoms with Crippen LogP contribution in [-0.2, 0) is 0 Å². The molecule has 0 fully saturated rings. The predicted octanol–water partition coefficient (Wildman–Crippen LogP) is 3.00. The number of aliphatic hydroxyl groups is 1. The van der Waals surface area contributed by atoms with E-state index in [0.29, 0.717) is 5.75 Å². The summed E-state index contributed by atoms with van der Waals surface area (Å²) in [5.41, 5.74) is 2.03. The molecule has 0 saturated carbocycles. The van der Waals surface area contributed by atoms with Crippen LogP contribution in [0.1, 0.15) is 35.6 Å². The summed E-state index contributed by atoms with van der Waals surface area (Å²) in [7, 11) is 0. The summed E-state index contributed by atoms with van der Waals surface area (Å²) in [4.78, 5) is 12.0. The number of aliphatic hydroxyl groups excluding tert-OH is 1. The number of urea groups is 1. The lowest BCUT2D eigenvalue weighted by Crippen LogP contribution is -2.42. The van der Waals surface area contributed by atoms with E-state index in [1.807, 2.05) is 58.0 Å². The topological polar surface area (TPSA) is 83.7 Å². The fraction of sp³-hybridized carbons (Fsp3) is 0.421. The van der Waals surface area contributed by atoms with Crippen LogP contribution in [0, 0.1) is 20.8 Å². The molecule has 0 aliphatic heterocycles. The lowest BCUT2D eigenvalue weighted by molar-refractivity contribution is 0.107. The summed E-state index contributed by atoms with van der Waals surface area (Å²) >= 11 is 0. The van der Waals surface area contributed by atoms with Gasteiger partial charge in [0.2, 0.25) is 0 Å². The first-order chi connectivity index (χ1) is 11.8. The number of rotatable bonds is 7. The monoisotopic (exact) mass is 346 g/mol. The maximum absolute atomic E-state index is 12.0. The number of carbonyl (C=O) groups is 1. The van der Waals surface area contributed by atoms with E-state index in [0.717, 1.165) is 22.6 Å². The Morgan fingerprint density at radius 1 is 1.28 bits per heavy atom. The summed E-state index contributed by atoms with van der Waals surface area (Å²) in [5, 5.41) is 15.4. The molecule has 1 aromatic carbocycles. The highest BCUT2D eigenvalue weighted by molar-refractivity contribution is 5.74. The van der Waals surface area contributed by atoms with E-state index in [2.05, 4.69) is 10.6 Å². The van der Waals surface area contributed by atoms with Gasteiger partial charge in [-0.1, -0.05) is 12.1 Å². The van der Waals surface area contributed by atoms with Crippen LogP contribution in [0.5, 0.6) is 5.75 Å². The van der Waals surface area contributed by atoms with Crippen LogP contribution in [0.3, 0.4) is 0 Å². The molecule has 0 bridgehead atoms. The van der Waals surface area contributed by atoms with Crippen LogP contribution in [0.4, 0.5) is 4.79 Å². The van der Waals surface area contributed by atoms with Crippen molar-refractivity contribution in [2.75, 3.05) is 13.2 Å². The highest BCUT2D eigenvalue weighted by Gasteiger charge is 2.15. The Hall–Kier alpha value is -2.47. The molecule has 0 aliphatic rings. The Balaban J connectivity index is 1.72. The number of amides is 2. The van der Waals surface area contributed by atoms with Crippen molar-refractivity contribution < 1.29 is 19.1 Å². The lowest BCUT2D eigenvalue weighted by Gasteiger charge is -2.16. The van der Waals surface area contributed by atoms with Crippen molar-refractivity contribution in [3.8, 4) is 5.75 Å². The molecule has 0 saturated heterocycles. The Bertz CT molecular complexity index is 711. The quantitative estimate of drug-likeness (QED) is 0.720. The van der Waals surface area contributed by atoms with Gasteiger partial charge >= 0.3 is 6.03 Å². The van der Waals surface area contributed by atoms with E-state index in [4.69, 9.17) is 9.15 Å². The molecular weight excluding hydrogens is 320 g/mol.